The molecule has 0 spiro atoms. The van der Waals surface area contributed by atoms with Gasteiger partial charge in [-0.15, -0.1) is 0 Å². The van der Waals surface area contributed by atoms with Gasteiger partial charge in [-0.1, -0.05) is 6.07 Å². The Bertz CT molecular complexity index is 1040. The molecule has 0 fully saturated rings. The monoisotopic (exact) mass is 509 g/mol. The van der Waals surface area contributed by atoms with Crippen LogP contribution in [0.3, 0.4) is 0 Å². The van der Waals surface area contributed by atoms with Crippen molar-refractivity contribution < 1.29 is 56.9 Å². The van der Waals surface area contributed by atoms with E-state index in [-0.39, 0.29) is 49.6 Å². The van der Waals surface area contributed by atoms with Crippen molar-refractivity contribution in [3.63, 3.8) is 0 Å². The van der Waals surface area contributed by atoms with E-state index in [2.05, 4.69) is 26.2 Å². The Labute approximate surface area is 185 Å². The molecule has 4 heterocycles. The van der Waals surface area contributed by atoms with Crippen molar-refractivity contribution in [1.29, 1.82) is 0 Å². The number of nitrogens with zero attached hydrogens (tertiary/aromatic N) is 1. The number of benzene rings is 2. The van der Waals surface area contributed by atoms with Gasteiger partial charge < -0.3 is 52.1 Å². The number of hydrogen-bond donors (Lipinski definition) is 0. The maximum atomic E-state index is 12.8. The molecule has 0 aromatic heterocycles. The van der Waals surface area contributed by atoms with Crippen molar-refractivity contribution in [1.82, 2.24) is 0 Å². The van der Waals surface area contributed by atoms with E-state index in [4.69, 9.17) is 23.7 Å². The number of halogens is 1. The molecule has 2 aromatic rings. The van der Waals surface area contributed by atoms with E-state index in [0.717, 1.165) is 35.6 Å². The summed E-state index contributed by atoms with van der Waals surface area (Å²) in [5.74, 6) is 2.28. The number of cyclic esters (lactones) is 1. The number of quaternary nitrogens is 1. The third-order valence-corrected chi connectivity index (χ3v) is 6.27. The summed E-state index contributed by atoms with van der Waals surface area (Å²) in [6.45, 7) is 1.30. The summed E-state index contributed by atoms with van der Waals surface area (Å²) >= 11 is 0. The minimum atomic E-state index is -0.397. The lowest BCUT2D eigenvalue weighted by molar-refractivity contribution is -0.927. The number of ether oxygens (including phenoxy) is 5. The highest BCUT2D eigenvalue weighted by atomic mass is 127. The highest BCUT2D eigenvalue weighted by molar-refractivity contribution is 5.98. The molecule has 0 saturated heterocycles. The van der Waals surface area contributed by atoms with Crippen LogP contribution in [0.15, 0.2) is 24.3 Å². The summed E-state index contributed by atoms with van der Waals surface area (Å²) in [4.78, 5) is 12.8. The lowest BCUT2D eigenvalue weighted by Gasteiger charge is -2.44. The van der Waals surface area contributed by atoms with E-state index in [0.29, 0.717) is 21.5 Å². The van der Waals surface area contributed by atoms with Crippen LogP contribution in [0.1, 0.15) is 39.2 Å². The molecule has 2 aromatic carbocycles. The minimum absolute atomic E-state index is 0. The average molecular weight is 509 g/mol. The van der Waals surface area contributed by atoms with Crippen LogP contribution in [0.25, 0.3) is 0 Å². The molecular formula is C21H20INO6. The van der Waals surface area contributed by atoms with E-state index >= 15 is 0 Å². The van der Waals surface area contributed by atoms with E-state index in [1.165, 1.54) is 5.56 Å². The van der Waals surface area contributed by atoms with E-state index in [9.17, 15) is 4.79 Å². The number of esters is 1. The van der Waals surface area contributed by atoms with Crippen molar-refractivity contribution in [3.05, 3.63) is 46.5 Å². The Kier molecular flexibility index (Phi) is 4.15. The number of carbonyl (C=O) groups is 1. The zero-order chi connectivity index (χ0) is 19.0. The van der Waals surface area contributed by atoms with Crippen molar-refractivity contribution in [2.75, 3.05) is 34.2 Å². The number of likely N-dealkylation sites (N-methyl/N-ethyl adjacent to an activating group) is 1. The second-order valence-electron chi connectivity index (χ2n) is 8.19. The molecule has 6 rings (SSSR count). The van der Waals surface area contributed by atoms with Crippen LogP contribution >= 0.6 is 0 Å². The fourth-order valence-corrected chi connectivity index (χ4v) is 4.85. The topological polar surface area (TPSA) is 63.2 Å². The van der Waals surface area contributed by atoms with Gasteiger partial charge in [-0.25, -0.2) is 4.79 Å². The molecule has 2 unspecified atom stereocenters. The van der Waals surface area contributed by atoms with Crippen LogP contribution in [0.2, 0.25) is 0 Å². The van der Waals surface area contributed by atoms with Crippen molar-refractivity contribution in [2.24, 2.45) is 0 Å². The molecule has 8 heteroatoms. The van der Waals surface area contributed by atoms with Gasteiger partial charge in [0.1, 0.15) is 5.56 Å². The van der Waals surface area contributed by atoms with Gasteiger partial charge in [0.2, 0.25) is 13.6 Å². The zero-order valence-electron chi connectivity index (χ0n) is 16.1. The maximum Gasteiger partial charge on any atom is 0.343 e. The summed E-state index contributed by atoms with van der Waals surface area (Å²) in [6, 6.07) is 7.87. The molecule has 0 N–H and O–H groups in total. The van der Waals surface area contributed by atoms with Crippen LogP contribution in [0.4, 0.5) is 0 Å². The summed E-state index contributed by atoms with van der Waals surface area (Å²) < 4.78 is 28.8. The van der Waals surface area contributed by atoms with Gasteiger partial charge >= 0.3 is 5.97 Å². The quantitative estimate of drug-likeness (QED) is 0.300. The number of carbonyl (C=O) groups excluding carboxylic acids is 1. The Balaban J connectivity index is 0.00000181. The van der Waals surface area contributed by atoms with Crippen LogP contribution < -0.4 is 42.9 Å². The van der Waals surface area contributed by atoms with E-state index in [1.807, 2.05) is 12.1 Å². The van der Waals surface area contributed by atoms with Crippen LogP contribution in [-0.4, -0.2) is 44.7 Å². The normalized spacial score (nSPS) is 24.4. The molecule has 0 saturated carbocycles. The van der Waals surface area contributed by atoms with Gasteiger partial charge in [-0.05, 0) is 23.8 Å². The van der Waals surface area contributed by atoms with Gasteiger partial charge in [0.05, 0.1) is 20.6 Å². The first-order chi connectivity index (χ1) is 13.5. The molecule has 2 atom stereocenters. The second kappa shape index (κ2) is 6.40. The summed E-state index contributed by atoms with van der Waals surface area (Å²) in [5.41, 5.74) is 3.71. The first-order valence-electron chi connectivity index (χ1n) is 9.41. The third kappa shape index (κ3) is 2.61. The number of rotatable bonds is 1. The first-order valence-corrected chi connectivity index (χ1v) is 9.41. The molecular weight excluding hydrogens is 489 g/mol. The second-order valence-corrected chi connectivity index (χ2v) is 8.19. The van der Waals surface area contributed by atoms with Crippen molar-refractivity contribution >= 4 is 5.97 Å². The Morgan fingerprint density at radius 2 is 1.66 bits per heavy atom. The largest absolute Gasteiger partial charge is 1.00 e. The Morgan fingerprint density at radius 1 is 0.931 bits per heavy atom. The van der Waals surface area contributed by atoms with Gasteiger partial charge in [-0.3, -0.25) is 0 Å². The fourth-order valence-electron chi connectivity index (χ4n) is 4.85. The molecule has 7 nitrogen and oxygen atoms in total. The molecule has 152 valence electrons. The highest BCUT2D eigenvalue weighted by Crippen LogP contribution is 2.53. The van der Waals surface area contributed by atoms with Crippen molar-refractivity contribution in [2.45, 2.75) is 18.6 Å². The zero-order valence-corrected chi connectivity index (χ0v) is 18.2. The molecule has 0 aliphatic carbocycles. The van der Waals surface area contributed by atoms with E-state index in [1.54, 1.807) is 0 Å². The molecule has 0 amide bonds. The smallest absolute Gasteiger partial charge is 0.343 e. The fraction of sp³-hybridized carbons (Fsp3) is 0.381. The first kappa shape index (κ1) is 18.8. The number of fused-ring (bicyclic) bond motifs is 5. The molecule has 4 aliphatic rings. The maximum absolute atomic E-state index is 12.8. The predicted octanol–water partition coefficient (Wildman–Crippen LogP) is -0.267. The third-order valence-electron chi connectivity index (χ3n) is 6.27. The molecule has 0 bridgehead atoms. The SMILES string of the molecule is C[N+]1(C)CCc2cc3c(cc2C1C1OC(=O)c2c1ccc1c2OCO1)OCO3.[I-]. The van der Waals surface area contributed by atoms with Gasteiger partial charge in [0.25, 0.3) is 0 Å². The van der Waals surface area contributed by atoms with Crippen LogP contribution in [0, 0.1) is 0 Å². The average Bonchev–Trinajstić information content (AvgIpc) is 3.37. The summed E-state index contributed by atoms with van der Waals surface area (Å²) in [6.07, 6.45) is 0.538. The van der Waals surface area contributed by atoms with Crippen molar-refractivity contribution in [3.8, 4) is 23.0 Å². The number of hydrogen-bond acceptors (Lipinski definition) is 6. The Morgan fingerprint density at radius 3 is 2.48 bits per heavy atom. The van der Waals surface area contributed by atoms with Gasteiger partial charge in [0, 0.05) is 17.5 Å². The summed E-state index contributed by atoms with van der Waals surface area (Å²) in [7, 11) is 4.36. The van der Waals surface area contributed by atoms with Crippen LogP contribution in [-0.2, 0) is 11.2 Å². The molecule has 4 aliphatic heterocycles. The predicted molar refractivity (Wildman–Crippen MR) is 96.7 cm³/mol. The standard InChI is InChI=1S/C21H20NO6.HI/c1-22(2)6-5-11-7-15-16(26-9-25-15)8-13(11)18(22)19-12-3-4-14-20(27-10-24-14)17(12)21(23)28-19;/h3-4,7-8,18-19H,5-6,9-10H2,1-2H3;1H/q+1;/p-1. The van der Waals surface area contributed by atoms with Crippen LogP contribution in [0.5, 0.6) is 23.0 Å². The summed E-state index contributed by atoms with van der Waals surface area (Å²) in [5, 5.41) is 0. The lowest BCUT2D eigenvalue weighted by Crippen LogP contribution is -3.00. The van der Waals surface area contributed by atoms with Gasteiger partial charge in [-0.2, -0.15) is 0 Å². The van der Waals surface area contributed by atoms with E-state index < -0.39 is 6.10 Å². The molecule has 29 heavy (non-hydrogen) atoms. The minimum Gasteiger partial charge on any atom is -1.00 e. The molecule has 0 radical (unpaired) electrons. The van der Waals surface area contributed by atoms with Gasteiger partial charge in [0.15, 0.2) is 35.1 Å². The lowest BCUT2D eigenvalue weighted by atomic mass is 9.84. The Hall–Kier alpha value is -2.20. The highest BCUT2D eigenvalue weighted by Gasteiger charge is 2.50.